The van der Waals surface area contributed by atoms with Gasteiger partial charge in [0.25, 0.3) is 0 Å². The molecule has 1 aromatic carbocycles. The highest BCUT2D eigenvalue weighted by molar-refractivity contribution is 6.20. The number of aromatic nitrogens is 2. The molecule has 108 valence electrons. The molecule has 0 aliphatic heterocycles. The van der Waals surface area contributed by atoms with Crippen LogP contribution < -0.4 is 5.32 Å². The maximum absolute atomic E-state index is 12.8. The third-order valence-corrected chi connectivity index (χ3v) is 2.76. The van der Waals surface area contributed by atoms with E-state index in [2.05, 4.69) is 15.5 Å². The van der Waals surface area contributed by atoms with Crippen LogP contribution in [0.4, 0.5) is 24.9 Å². The smallest absolute Gasteiger partial charge is 0.406 e. The van der Waals surface area contributed by atoms with Crippen LogP contribution in [0, 0.1) is 6.92 Å². The fraction of sp³-hybridized carbons (Fsp3) is 0.333. The van der Waals surface area contributed by atoms with Crippen molar-refractivity contribution in [2.75, 3.05) is 5.32 Å². The van der Waals surface area contributed by atoms with Gasteiger partial charge in [-0.3, -0.25) is 0 Å². The standard InChI is InChI=1S/C12H11ClF3N3O/c1-6-3-4-8(5-9(6)12(14,15)16)17-11-19-18-10(20-11)7(2)13/h3-5,7H,1-2H3,(H,17,19). The number of halogens is 4. The van der Waals surface area contributed by atoms with Crippen LogP contribution in [0.5, 0.6) is 0 Å². The average Bonchev–Trinajstić information content (AvgIpc) is 2.79. The van der Waals surface area contributed by atoms with Gasteiger partial charge in [-0.05, 0) is 31.5 Å². The largest absolute Gasteiger partial charge is 0.416 e. The lowest BCUT2D eigenvalue weighted by Crippen LogP contribution is -2.08. The van der Waals surface area contributed by atoms with Crippen molar-refractivity contribution in [3.05, 3.63) is 35.2 Å². The van der Waals surface area contributed by atoms with Crippen molar-refractivity contribution in [3.63, 3.8) is 0 Å². The van der Waals surface area contributed by atoms with Gasteiger partial charge in [-0.1, -0.05) is 11.2 Å². The van der Waals surface area contributed by atoms with Crippen LogP contribution in [0.2, 0.25) is 0 Å². The highest BCUT2D eigenvalue weighted by Crippen LogP contribution is 2.34. The molecule has 1 N–H and O–H groups in total. The number of aryl methyl sites for hydroxylation is 1. The number of nitrogens with one attached hydrogen (secondary N) is 1. The fourth-order valence-corrected chi connectivity index (χ4v) is 1.66. The molecule has 1 aromatic heterocycles. The predicted molar refractivity (Wildman–Crippen MR) is 68.0 cm³/mol. The Morgan fingerprint density at radius 2 is 2.00 bits per heavy atom. The molecule has 1 heterocycles. The Morgan fingerprint density at radius 3 is 2.55 bits per heavy atom. The molecule has 0 radical (unpaired) electrons. The maximum Gasteiger partial charge on any atom is 0.416 e. The minimum atomic E-state index is -4.41. The van der Waals surface area contributed by atoms with Gasteiger partial charge in [0.1, 0.15) is 5.38 Å². The number of nitrogens with zero attached hydrogens (tertiary/aromatic N) is 2. The minimum absolute atomic E-state index is 0.00974. The monoisotopic (exact) mass is 305 g/mol. The van der Waals surface area contributed by atoms with E-state index < -0.39 is 17.1 Å². The molecule has 8 heteroatoms. The van der Waals surface area contributed by atoms with E-state index in [0.29, 0.717) is 0 Å². The van der Waals surface area contributed by atoms with Crippen LogP contribution in [-0.4, -0.2) is 10.2 Å². The van der Waals surface area contributed by atoms with Gasteiger partial charge in [-0.15, -0.1) is 16.7 Å². The zero-order valence-corrected chi connectivity index (χ0v) is 11.4. The molecule has 1 atom stereocenters. The maximum atomic E-state index is 12.8. The highest BCUT2D eigenvalue weighted by atomic mass is 35.5. The van der Waals surface area contributed by atoms with Crippen molar-refractivity contribution in [2.24, 2.45) is 0 Å². The summed E-state index contributed by atoms with van der Waals surface area (Å²) in [6, 6.07) is 3.85. The number of benzene rings is 1. The van der Waals surface area contributed by atoms with Crippen molar-refractivity contribution in [2.45, 2.75) is 25.4 Å². The molecule has 0 spiro atoms. The number of hydrogen-bond acceptors (Lipinski definition) is 4. The van der Waals surface area contributed by atoms with Gasteiger partial charge in [0.15, 0.2) is 0 Å². The number of alkyl halides is 4. The quantitative estimate of drug-likeness (QED) is 0.852. The second kappa shape index (κ2) is 5.32. The highest BCUT2D eigenvalue weighted by Gasteiger charge is 2.32. The average molecular weight is 306 g/mol. The van der Waals surface area contributed by atoms with Crippen molar-refractivity contribution in [1.82, 2.24) is 10.2 Å². The molecule has 0 fully saturated rings. The molecule has 0 aliphatic carbocycles. The summed E-state index contributed by atoms with van der Waals surface area (Å²) in [7, 11) is 0. The van der Waals surface area contributed by atoms with E-state index in [1.807, 2.05) is 0 Å². The third-order valence-electron chi connectivity index (χ3n) is 2.58. The first-order chi connectivity index (χ1) is 9.27. The van der Waals surface area contributed by atoms with E-state index in [4.69, 9.17) is 16.0 Å². The van der Waals surface area contributed by atoms with Gasteiger partial charge in [-0.25, -0.2) is 0 Å². The van der Waals surface area contributed by atoms with Crippen LogP contribution in [-0.2, 0) is 6.18 Å². The van der Waals surface area contributed by atoms with Crippen LogP contribution in [0.3, 0.4) is 0 Å². The Labute approximate surface area is 118 Å². The number of anilines is 2. The Balaban J connectivity index is 2.25. The first-order valence-electron chi connectivity index (χ1n) is 5.69. The normalized spacial score (nSPS) is 13.3. The Morgan fingerprint density at radius 1 is 1.30 bits per heavy atom. The lowest BCUT2D eigenvalue weighted by molar-refractivity contribution is -0.138. The van der Waals surface area contributed by atoms with Crippen molar-refractivity contribution in [1.29, 1.82) is 0 Å². The molecule has 0 aliphatic rings. The summed E-state index contributed by atoms with van der Waals surface area (Å²) in [6.45, 7) is 3.04. The Kier molecular flexibility index (Phi) is 3.89. The molecular weight excluding hydrogens is 295 g/mol. The molecule has 4 nitrogen and oxygen atoms in total. The number of rotatable bonds is 3. The molecule has 0 amide bonds. The molecule has 0 saturated carbocycles. The summed E-state index contributed by atoms with van der Waals surface area (Å²) in [5.74, 6) is 0.192. The van der Waals surface area contributed by atoms with E-state index in [-0.39, 0.29) is 23.2 Å². The molecule has 0 saturated heterocycles. The summed E-state index contributed by atoms with van der Waals surface area (Å²) < 4.78 is 43.5. The lowest BCUT2D eigenvalue weighted by Gasteiger charge is -2.11. The zero-order valence-electron chi connectivity index (χ0n) is 10.6. The topological polar surface area (TPSA) is 51.0 Å². The first kappa shape index (κ1) is 14.6. The summed E-state index contributed by atoms with van der Waals surface area (Å²) >= 11 is 5.75. The van der Waals surface area contributed by atoms with Crippen molar-refractivity contribution >= 4 is 23.3 Å². The summed E-state index contributed by atoms with van der Waals surface area (Å²) in [5, 5.41) is 9.47. The second-order valence-electron chi connectivity index (χ2n) is 4.21. The number of hydrogen-bond donors (Lipinski definition) is 1. The first-order valence-corrected chi connectivity index (χ1v) is 6.13. The van der Waals surface area contributed by atoms with E-state index in [0.717, 1.165) is 6.07 Å². The van der Waals surface area contributed by atoms with E-state index >= 15 is 0 Å². The molecular formula is C12H11ClF3N3O. The summed E-state index contributed by atoms with van der Waals surface area (Å²) in [4.78, 5) is 0. The van der Waals surface area contributed by atoms with Gasteiger partial charge in [0, 0.05) is 5.69 Å². The fourth-order valence-electron chi connectivity index (χ4n) is 1.57. The van der Waals surface area contributed by atoms with E-state index in [1.165, 1.54) is 19.1 Å². The van der Waals surface area contributed by atoms with Gasteiger partial charge in [-0.2, -0.15) is 13.2 Å². The predicted octanol–water partition coefficient (Wildman–Crippen LogP) is 4.44. The van der Waals surface area contributed by atoms with Gasteiger partial charge in [0.2, 0.25) is 5.89 Å². The van der Waals surface area contributed by atoms with Crippen LogP contribution >= 0.6 is 11.6 Å². The molecule has 20 heavy (non-hydrogen) atoms. The molecule has 2 aromatic rings. The Bertz CT molecular complexity index is 610. The van der Waals surface area contributed by atoms with E-state index in [1.54, 1.807) is 6.92 Å². The van der Waals surface area contributed by atoms with Crippen LogP contribution in [0.25, 0.3) is 0 Å². The molecule has 2 rings (SSSR count). The van der Waals surface area contributed by atoms with Crippen molar-refractivity contribution < 1.29 is 17.6 Å². The van der Waals surface area contributed by atoms with Gasteiger partial charge >= 0.3 is 12.2 Å². The van der Waals surface area contributed by atoms with Crippen LogP contribution in [0.1, 0.15) is 29.3 Å². The SMILES string of the molecule is Cc1ccc(Nc2nnc(C(C)Cl)o2)cc1C(F)(F)F. The lowest BCUT2D eigenvalue weighted by atomic mass is 10.1. The van der Waals surface area contributed by atoms with Gasteiger partial charge in [0.05, 0.1) is 5.56 Å². The Hall–Kier alpha value is -1.76. The summed E-state index contributed by atoms with van der Waals surface area (Å²) in [5.41, 5.74) is -0.364. The second-order valence-corrected chi connectivity index (χ2v) is 4.87. The zero-order chi connectivity index (χ0) is 14.9. The van der Waals surface area contributed by atoms with Crippen molar-refractivity contribution in [3.8, 4) is 0 Å². The molecule has 0 bridgehead atoms. The van der Waals surface area contributed by atoms with E-state index in [9.17, 15) is 13.2 Å². The minimum Gasteiger partial charge on any atom is -0.406 e. The summed E-state index contributed by atoms with van der Waals surface area (Å²) in [6.07, 6.45) is -4.41. The van der Waals surface area contributed by atoms with Gasteiger partial charge < -0.3 is 9.73 Å². The van der Waals surface area contributed by atoms with Crippen LogP contribution in [0.15, 0.2) is 22.6 Å². The third kappa shape index (κ3) is 3.22. The molecule has 1 unspecified atom stereocenters.